The number of aromatic hydroxyl groups is 1. The molecule has 0 bridgehead atoms. The number of esters is 1. The lowest BCUT2D eigenvalue weighted by Crippen LogP contribution is -2.31. The van der Waals surface area contributed by atoms with Crippen LogP contribution in [-0.4, -0.2) is 49.4 Å². The first-order valence-corrected chi connectivity index (χ1v) is 12.9. The number of carbonyl (C=O) groups excluding carboxylic acids is 3. The lowest BCUT2D eigenvalue weighted by atomic mass is 9.82. The van der Waals surface area contributed by atoms with Gasteiger partial charge in [-0.15, -0.1) is 0 Å². The SMILES string of the molecule is CC1=C(CCC(=O)OCCCOc2no[n+]([O-])c2S(=O)(=O)c2ccccc2)C(=O)c2c(O)cccc2C1=O. The number of hydrogen-bond acceptors (Lipinski definition) is 11. The van der Waals surface area contributed by atoms with E-state index >= 15 is 0 Å². The fourth-order valence-corrected chi connectivity index (χ4v) is 5.18. The monoisotopic (exact) mass is 542 g/mol. The summed E-state index contributed by atoms with van der Waals surface area (Å²) >= 11 is 0. The number of aromatic nitrogens is 2. The largest absolute Gasteiger partial charge is 0.507 e. The molecule has 0 atom stereocenters. The molecule has 1 N–H and O–H groups in total. The quantitative estimate of drug-likeness (QED) is 0.226. The molecule has 3 aromatic rings. The Morgan fingerprint density at radius 2 is 1.82 bits per heavy atom. The molecular weight excluding hydrogens is 520 g/mol. The zero-order valence-corrected chi connectivity index (χ0v) is 20.9. The number of phenolic OH excluding ortho intramolecular Hbond substituents is 1. The van der Waals surface area contributed by atoms with E-state index in [1.165, 1.54) is 49.4 Å². The van der Waals surface area contributed by atoms with Gasteiger partial charge in [-0.1, -0.05) is 30.3 Å². The lowest BCUT2D eigenvalue weighted by Gasteiger charge is -2.19. The van der Waals surface area contributed by atoms with Crippen LogP contribution in [-0.2, 0) is 19.4 Å². The third-order valence-electron chi connectivity index (χ3n) is 5.81. The van der Waals surface area contributed by atoms with E-state index in [1.54, 1.807) is 6.07 Å². The number of hydrogen-bond donors (Lipinski definition) is 1. The van der Waals surface area contributed by atoms with Crippen LogP contribution in [0.25, 0.3) is 0 Å². The van der Waals surface area contributed by atoms with Crippen LogP contribution in [0, 0.1) is 5.21 Å². The van der Waals surface area contributed by atoms with Gasteiger partial charge in [-0.2, -0.15) is 0 Å². The Balaban J connectivity index is 1.28. The number of ether oxygens (including phenoxy) is 2. The molecule has 38 heavy (non-hydrogen) atoms. The van der Waals surface area contributed by atoms with Gasteiger partial charge in [-0.05, 0) is 36.4 Å². The standard InChI is InChI=1S/C25H22N2O10S/c1-15-17(23(31)21-18(22(15)30)9-5-10-19(21)28)11-12-20(29)35-13-6-14-36-24-25(27(32)37-26-24)38(33,34)16-7-3-2-4-8-16/h2-5,7-10,28H,6,11-14H2,1H3. The Hall–Kier alpha value is -4.52. The van der Waals surface area contributed by atoms with E-state index in [4.69, 9.17) is 9.47 Å². The summed E-state index contributed by atoms with van der Waals surface area (Å²) in [4.78, 5) is 37.2. The van der Waals surface area contributed by atoms with Crippen LogP contribution < -0.4 is 9.64 Å². The second-order valence-corrected chi connectivity index (χ2v) is 10.1. The van der Waals surface area contributed by atoms with Crippen molar-refractivity contribution in [2.45, 2.75) is 36.1 Å². The third-order valence-corrected chi connectivity index (χ3v) is 7.53. The Labute approximate surface area is 216 Å². The van der Waals surface area contributed by atoms with Gasteiger partial charge in [0.1, 0.15) is 5.75 Å². The van der Waals surface area contributed by atoms with Crippen molar-refractivity contribution >= 4 is 27.4 Å². The molecule has 1 aromatic heterocycles. The maximum absolute atomic E-state index is 12.8. The summed E-state index contributed by atoms with van der Waals surface area (Å²) in [6.45, 7) is 1.24. The molecule has 1 heterocycles. The van der Waals surface area contributed by atoms with Crippen molar-refractivity contribution in [3.8, 4) is 11.6 Å². The van der Waals surface area contributed by atoms with E-state index in [0.717, 1.165) is 0 Å². The van der Waals surface area contributed by atoms with Gasteiger partial charge in [0, 0.05) is 29.6 Å². The second-order valence-electron chi connectivity index (χ2n) is 8.24. The summed E-state index contributed by atoms with van der Waals surface area (Å²) in [5.74, 6) is -2.37. The molecule has 0 amide bonds. The first-order valence-electron chi connectivity index (χ1n) is 11.4. The van der Waals surface area contributed by atoms with Crippen LogP contribution in [0.4, 0.5) is 0 Å². The van der Waals surface area contributed by atoms with Crippen molar-refractivity contribution in [2.75, 3.05) is 13.2 Å². The molecule has 0 spiro atoms. The van der Waals surface area contributed by atoms with E-state index in [0.29, 0.717) is 0 Å². The van der Waals surface area contributed by atoms with Gasteiger partial charge in [0.25, 0.3) is 9.84 Å². The highest BCUT2D eigenvalue weighted by Crippen LogP contribution is 2.33. The summed E-state index contributed by atoms with van der Waals surface area (Å²) in [5, 5.41) is 24.5. The van der Waals surface area contributed by atoms with E-state index in [2.05, 4.69) is 9.79 Å². The highest BCUT2D eigenvalue weighted by atomic mass is 32.2. The molecule has 0 saturated carbocycles. The molecule has 0 fully saturated rings. The second kappa shape index (κ2) is 10.8. The van der Waals surface area contributed by atoms with Crippen molar-refractivity contribution in [1.29, 1.82) is 0 Å². The number of carbonyl (C=O) groups is 3. The summed E-state index contributed by atoms with van der Waals surface area (Å²) in [5.41, 5.74) is 0.379. The number of ketones is 2. The molecule has 2 aromatic carbocycles. The Morgan fingerprint density at radius 3 is 2.55 bits per heavy atom. The topological polar surface area (TPSA) is 177 Å². The minimum atomic E-state index is -4.25. The van der Waals surface area contributed by atoms with Crippen molar-refractivity contribution in [3.05, 3.63) is 76.0 Å². The molecular formula is C25H22N2O10S. The smallest absolute Gasteiger partial charge is 0.414 e. The minimum absolute atomic E-state index is 0.0529. The normalized spacial score (nSPS) is 13.4. The van der Waals surface area contributed by atoms with E-state index in [9.17, 15) is 33.1 Å². The van der Waals surface area contributed by atoms with Crippen LogP contribution in [0.3, 0.4) is 0 Å². The molecule has 0 radical (unpaired) electrons. The Morgan fingerprint density at radius 1 is 1.08 bits per heavy atom. The first kappa shape index (κ1) is 26.5. The molecule has 1 aliphatic carbocycles. The molecule has 0 aliphatic heterocycles. The van der Waals surface area contributed by atoms with E-state index < -0.39 is 38.3 Å². The summed E-state index contributed by atoms with van der Waals surface area (Å²) in [7, 11) is -4.25. The molecule has 0 unspecified atom stereocenters. The maximum atomic E-state index is 12.8. The summed E-state index contributed by atoms with van der Waals surface area (Å²) < 4.78 is 40.3. The fourth-order valence-electron chi connectivity index (χ4n) is 3.88. The zero-order chi connectivity index (χ0) is 27.4. The Kier molecular flexibility index (Phi) is 7.57. The Bertz CT molecular complexity index is 1540. The summed E-state index contributed by atoms with van der Waals surface area (Å²) in [6, 6.07) is 11.5. The summed E-state index contributed by atoms with van der Waals surface area (Å²) in [6.07, 6.45) is -0.111. The van der Waals surface area contributed by atoms with E-state index in [1.807, 2.05) is 0 Å². The van der Waals surface area contributed by atoms with E-state index in [-0.39, 0.29) is 70.3 Å². The van der Waals surface area contributed by atoms with Gasteiger partial charge >= 0.3 is 16.9 Å². The zero-order valence-electron chi connectivity index (χ0n) is 20.1. The number of Topliss-reactive ketones (excluding diaryl/α,β-unsaturated/α-hetero) is 2. The van der Waals surface area contributed by atoms with Crippen LogP contribution in [0.5, 0.6) is 11.6 Å². The van der Waals surface area contributed by atoms with Crippen LogP contribution >= 0.6 is 0 Å². The number of phenols is 1. The predicted octanol–water partition coefficient (Wildman–Crippen LogP) is 2.33. The average Bonchev–Trinajstić information content (AvgIpc) is 3.28. The molecule has 4 rings (SSSR count). The number of allylic oxidation sites excluding steroid dienone is 2. The number of rotatable bonds is 10. The van der Waals surface area contributed by atoms with Crippen LogP contribution in [0.1, 0.15) is 46.9 Å². The fraction of sp³-hybridized carbons (Fsp3) is 0.240. The predicted molar refractivity (Wildman–Crippen MR) is 127 cm³/mol. The third kappa shape index (κ3) is 5.13. The molecule has 13 heteroatoms. The van der Waals surface area contributed by atoms with Gasteiger partial charge in [0.05, 0.1) is 28.8 Å². The number of sulfone groups is 1. The van der Waals surface area contributed by atoms with Crippen molar-refractivity contribution < 1.29 is 46.9 Å². The minimum Gasteiger partial charge on any atom is -0.507 e. The van der Waals surface area contributed by atoms with Gasteiger partial charge in [0.2, 0.25) is 0 Å². The van der Waals surface area contributed by atoms with Gasteiger partial charge in [-0.3, -0.25) is 19.0 Å². The van der Waals surface area contributed by atoms with Crippen molar-refractivity contribution in [2.24, 2.45) is 0 Å². The maximum Gasteiger partial charge on any atom is 0.414 e. The number of fused-ring (bicyclic) bond motifs is 1. The highest BCUT2D eigenvalue weighted by Gasteiger charge is 2.36. The molecule has 198 valence electrons. The first-order chi connectivity index (χ1) is 18.1. The number of nitrogens with zero attached hydrogens (tertiary/aromatic N) is 2. The van der Waals surface area contributed by atoms with Crippen molar-refractivity contribution in [1.82, 2.24) is 5.16 Å². The average molecular weight is 543 g/mol. The number of benzene rings is 2. The molecule has 0 saturated heterocycles. The molecule has 12 nitrogen and oxygen atoms in total. The lowest BCUT2D eigenvalue weighted by molar-refractivity contribution is -0.832. The van der Waals surface area contributed by atoms with Crippen molar-refractivity contribution in [3.63, 3.8) is 0 Å². The van der Waals surface area contributed by atoms with Gasteiger partial charge in [0.15, 0.2) is 11.6 Å². The van der Waals surface area contributed by atoms with Gasteiger partial charge < -0.3 is 19.8 Å². The molecule has 1 aliphatic rings. The van der Waals surface area contributed by atoms with Crippen LogP contribution in [0.2, 0.25) is 0 Å². The highest BCUT2D eigenvalue weighted by molar-refractivity contribution is 7.91. The van der Waals surface area contributed by atoms with Gasteiger partial charge in [-0.25, -0.2) is 8.42 Å². The van der Waals surface area contributed by atoms with Crippen LogP contribution in [0.15, 0.2) is 74.2 Å².